The molecule has 0 saturated heterocycles. The highest BCUT2D eigenvalue weighted by atomic mass is 32.2. The van der Waals surface area contributed by atoms with Crippen molar-refractivity contribution in [2.24, 2.45) is 4.99 Å². The van der Waals surface area contributed by atoms with Gasteiger partial charge in [-0.3, -0.25) is 9.47 Å². The summed E-state index contributed by atoms with van der Waals surface area (Å²) in [5.41, 5.74) is 16.3. The van der Waals surface area contributed by atoms with Crippen molar-refractivity contribution in [3.8, 4) is 27.6 Å². The number of para-hydroxylation sites is 1. The second-order valence-corrected chi connectivity index (χ2v) is 17.2. The summed E-state index contributed by atoms with van der Waals surface area (Å²) < 4.78 is 4.65. The lowest BCUT2D eigenvalue weighted by Gasteiger charge is -2.29. The second kappa shape index (κ2) is 14.4. The summed E-state index contributed by atoms with van der Waals surface area (Å²) in [5.74, 6) is 2.35. The summed E-state index contributed by atoms with van der Waals surface area (Å²) in [5, 5.41) is 4.46. The number of thiophene rings is 1. The van der Waals surface area contributed by atoms with Gasteiger partial charge in [-0.15, -0.1) is 22.7 Å². The minimum absolute atomic E-state index is 0.670. The molecular weight excluding hydrogens is 813 g/mol. The zero-order valence-electron chi connectivity index (χ0n) is 32.1. The molecule has 0 spiro atoms. The molecule has 2 aliphatic heterocycles. The molecule has 290 valence electrons. The third-order valence-electron chi connectivity index (χ3n) is 11.0. The van der Waals surface area contributed by atoms with E-state index in [0.717, 1.165) is 99.4 Å². The van der Waals surface area contributed by atoms with Crippen LogP contribution in [0.25, 0.3) is 74.7 Å². The highest BCUT2D eigenvalue weighted by Crippen LogP contribution is 2.45. The Labute approximate surface area is 360 Å². The third kappa shape index (κ3) is 5.86. The Morgan fingerprint density at radius 1 is 0.738 bits per heavy atom. The van der Waals surface area contributed by atoms with Gasteiger partial charge in [0.05, 0.1) is 37.7 Å². The number of aliphatic imine (C=N–C) groups is 1. The highest BCUT2D eigenvalue weighted by Gasteiger charge is 2.26. The molecule has 0 bridgehead atoms. The fraction of sp³-hybridized carbons (Fsp3) is 0.0208. The lowest BCUT2D eigenvalue weighted by molar-refractivity contribution is 1.07. The van der Waals surface area contributed by atoms with Crippen LogP contribution in [-0.2, 0) is 6.42 Å². The first-order chi connectivity index (χ1) is 30.2. The number of hydrogen-bond donors (Lipinski definition) is 2. The summed E-state index contributed by atoms with van der Waals surface area (Å²) in [4.78, 5) is 39.2. The number of hydrogen-bond acceptors (Lipinski definition) is 10. The van der Waals surface area contributed by atoms with Crippen molar-refractivity contribution < 1.29 is 0 Å². The molecule has 0 radical (unpaired) electrons. The number of allylic oxidation sites excluding steroid dienone is 3. The number of imidazole rings is 2. The Balaban J connectivity index is 1.04. The molecule has 2 aliphatic rings. The van der Waals surface area contributed by atoms with E-state index < -0.39 is 0 Å². The van der Waals surface area contributed by atoms with Crippen LogP contribution >= 0.6 is 34.4 Å². The van der Waals surface area contributed by atoms with Crippen molar-refractivity contribution in [2.75, 3.05) is 4.90 Å². The number of aromatic nitrogens is 8. The van der Waals surface area contributed by atoms with Crippen molar-refractivity contribution in [3.63, 3.8) is 0 Å². The predicted octanol–water partition coefficient (Wildman–Crippen LogP) is 12.2. The molecule has 13 heteroatoms. The lowest BCUT2D eigenvalue weighted by Crippen LogP contribution is -2.20. The van der Waals surface area contributed by atoms with E-state index in [1.807, 2.05) is 48.0 Å². The van der Waals surface area contributed by atoms with E-state index in [4.69, 9.17) is 26.5 Å². The molecule has 10 nitrogen and oxygen atoms in total. The standard InChI is InChI=1S/C48H30N10S3/c1-28-32(38-25-41(59-26-55-38)45-49-19-20-50-45)9-3-2-7-29-8-5-17-53-47(29)57(28)30-13-15-39-36(23-30)37-24-31(14-16-40(37)61-39)58-43-33(34-12-6-18-54-48(34)58)10-4-11-35(43)42-44(60-27-56-42)46-51-21-22-52-46/h2-6,8-24,26-27H,1,7H2,(H,49,50)(H,51,52)/b3-2-,32-9+. The normalized spacial score (nSPS) is 15.7. The summed E-state index contributed by atoms with van der Waals surface area (Å²) >= 11 is 4.84. The number of aromatic amines is 2. The van der Waals surface area contributed by atoms with Gasteiger partial charge in [-0.2, -0.15) is 0 Å². The van der Waals surface area contributed by atoms with Crippen molar-refractivity contribution in [3.05, 3.63) is 180 Å². The van der Waals surface area contributed by atoms with Gasteiger partial charge in [0.2, 0.25) is 0 Å². The number of nitrogens with one attached hydrogen (secondary N) is 2. The SMILES string of the molecule is C=C1/C(C2=C=C(c3ncc[nH]3)SC=N2)=C\C=C/Cc2cccnc2N1c1ccc2sc3ccc(-n4c5ncccc5c5cccc(-c6ncsc6-c6ncc[nH]6)c54)cc3c2c1. The van der Waals surface area contributed by atoms with Gasteiger partial charge in [-0.05, 0) is 66.6 Å². The molecule has 0 fully saturated rings. The molecule has 12 rings (SSSR count). The highest BCUT2D eigenvalue weighted by molar-refractivity contribution is 8.20. The summed E-state index contributed by atoms with van der Waals surface area (Å²) in [6, 6.07) is 28.1. The van der Waals surface area contributed by atoms with Crippen LogP contribution in [0.5, 0.6) is 0 Å². The van der Waals surface area contributed by atoms with Crippen LogP contribution in [0.3, 0.4) is 0 Å². The van der Waals surface area contributed by atoms with E-state index in [1.165, 1.54) is 21.2 Å². The molecule has 0 unspecified atom stereocenters. The molecule has 0 atom stereocenters. The predicted molar refractivity (Wildman–Crippen MR) is 252 cm³/mol. The first kappa shape index (κ1) is 35.5. The molecule has 61 heavy (non-hydrogen) atoms. The fourth-order valence-corrected chi connectivity index (χ4v) is 10.8. The Morgan fingerprint density at radius 2 is 1.52 bits per heavy atom. The average Bonchev–Trinajstić information content (AvgIpc) is 4.16. The zero-order valence-corrected chi connectivity index (χ0v) is 34.5. The van der Waals surface area contributed by atoms with Crippen molar-refractivity contribution in [1.82, 2.24) is 39.5 Å². The number of benzene rings is 3. The Hall–Kier alpha value is -7.41. The third-order valence-corrected chi connectivity index (χ3v) is 13.7. The average molecular weight is 843 g/mol. The number of thiazole rings is 1. The summed E-state index contributed by atoms with van der Waals surface area (Å²) in [7, 11) is 0. The first-order valence-electron chi connectivity index (χ1n) is 19.5. The zero-order chi connectivity index (χ0) is 40.4. The Bertz CT molecular complexity index is 3560. The van der Waals surface area contributed by atoms with Crippen LogP contribution in [0.2, 0.25) is 0 Å². The first-order valence-corrected chi connectivity index (χ1v) is 22.0. The van der Waals surface area contributed by atoms with E-state index in [9.17, 15) is 0 Å². The van der Waals surface area contributed by atoms with Crippen molar-refractivity contribution >= 4 is 98.5 Å². The fourth-order valence-electron chi connectivity index (χ4n) is 8.29. The lowest BCUT2D eigenvalue weighted by atomic mass is 10.1. The van der Waals surface area contributed by atoms with E-state index in [2.05, 4.69) is 120 Å². The number of fused-ring (bicyclic) bond motifs is 7. The van der Waals surface area contributed by atoms with Crippen LogP contribution in [0.4, 0.5) is 11.5 Å². The molecular formula is C48H30N10S3. The number of pyridine rings is 2. The molecule has 9 heterocycles. The van der Waals surface area contributed by atoms with Gasteiger partial charge >= 0.3 is 0 Å². The molecule has 0 aliphatic carbocycles. The molecule has 3 aromatic carbocycles. The minimum atomic E-state index is 0.670. The van der Waals surface area contributed by atoms with Crippen molar-refractivity contribution in [1.29, 1.82) is 0 Å². The minimum Gasteiger partial charge on any atom is -0.344 e. The Kier molecular flexibility index (Phi) is 8.39. The number of thioether (sulfide) groups is 1. The number of rotatable bonds is 6. The maximum Gasteiger partial charge on any atom is 0.152 e. The monoisotopic (exact) mass is 842 g/mol. The maximum atomic E-state index is 4.99. The van der Waals surface area contributed by atoms with Gasteiger partial charge in [-0.1, -0.05) is 66.6 Å². The largest absolute Gasteiger partial charge is 0.344 e. The van der Waals surface area contributed by atoms with Crippen LogP contribution in [0.1, 0.15) is 11.4 Å². The van der Waals surface area contributed by atoms with Crippen LogP contribution in [0.15, 0.2) is 174 Å². The number of anilines is 2. The number of H-pyrrole nitrogens is 2. The van der Waals surface area contributed by atoms with Gasteiger partial charge in [0, 0.05) is 90.6 Å². The van der Waals surface area contributed by atoms with E-state index in [-0.39, 0.29) is 0 Å². The van der Waals surface area contributed by atoms with Crippen LogP contribution < -0.4 is 4.90 Å². The molecule has 10 aromatic rings. The van der Waals surface area contributed by atoms with Gasteiger partial charge in [0.15, 0.2) is 5.82 Å². The number of nitrogens with zero attached hydrogens (tertiary/aromatic N) is 8. The van der Waals surface area contributed by atoms with Gasteiger partial charge in [0.25, 0.3) is 0 Å². The van der Waals surface area contributed by atoms with Crippen LogP contribution in [-0.4, -0.2) is 45.0 Å². The molecule has 0 saturated carbocycles. The molecule has 7 aromatic heterocycles. The van der Waals surface area contributed by atoms with E-state index >= 15 is 0 Å². The quantitative estimate of drug-likeness (QED) is 0.160. The van der Waals surface area contributed by atoms with E-state index in [1.54, 1.807) is 35.1 Å². The van der Waals surface area contributed by atoms with Gasteiger partial charge in [0.1, 0.15) is 23.0 Å². The maximum absolute atomic E-state index is 4.99. The Morgan fingerprint density at radius 3 is 2.38 bits per heavy atom. The molecule has 0 amide bonds. The smallest absolute Gasteiger partial charge is 0.152 e. The molecule has 2 N–H and O–H groups in total. The van der Waals surface area contributed by atoms with Crippen LogP contribution in [0, 0.1) is 0 Å². The summed E-state index contributed by atoms with van der Waals surface area (Å²) in [6.07, 6.45) is 17.9. The van der Waals surface area contributed by atoms with Gasteiger partial charge < -0.3 is 9.97 Å². The summed E-state index contributed by atoms with van der Waals surface area (Å²) in [6.45, 7) is 4.74. The van der Waals surface area contributed by atoms with E-state index in [0.29, 0.717) is 12.1 Å². The topological polar surface area (TPSA) is 117 Å². The second-order valence-electron chi connectivity index (χ2n) is 14.4. The van der Waals surface area contributed by atoms with Crippen molar-refractivity contribution in [2.45, 2.75) is 6.42 Å². The van der Waals surface area contributed by atoms with Gasteiger partial charge in [-0.25, -0.2) is 29.9 Å².